The van der Waals surface area contributed by atoms with Crippen LogP contribution >= 0.6 is 26.8 Å². The normalized spacial score (nSPS) is 16.2. The van der Waals surface area contributed by atoms with Gasteiger partial charge in [0.25, 0.3) is 0 Å². The fourth-order valence-electron chi connectivity index (χ4n) is 0.964. The van der Waals surface area contributed by atoms with Crippen LogP contribution in [0.25, 0.3) is 0 Å². The summed E-state index contributed by atoms with van der Waals surface area (Å²) in [7, 11) is 5.04. The lowest BCUT2D eigenvalue weighted by Gasteiger charge is -2.05. The van der Waals surface area contributed by atoms with Crippen molar-refractivity contribution in [1.82, 2.24) is 5.09 Å². The molecular weight excluding hydrogens is 211 g/mol. The third-order valence-corrected chi connectivity index (χ3v) is 2.55. The first-order valence-electron chi connectivity index (χ1n) is 3.32. The molecule has 0 aliphatic heterocycles. The maximum absolute atomic E-state index is 11.1. The zero-order valence-corrected chi connectivity index (χ0v) is 9.64. The number of rotatable bonds is 3. The summed E-state index contributed by atoms with van der Waals surface area (Å²) in [4.78, 5) is 11.1. The number of hydrogen-bond donors (Lipinski definition) is 1. The van der Waals surface area contributed by atoms with Crippen LogP contribution in [0.15, 0.2) is 23.4 Å². The van der Waals surface area contributed by atoms with Gasteiger partial charge in [-0.15, -0.1) is 0 Å². The molecule has 0 aromatic heterocycles. The standard InChI is InChI=1S/C6H10NO2P3/c8-6(9-10)4-2-1-3-5(4)7-12-11/h1,3,7,12H,2,10-11H2. The topological polar surface area (TPSA) is 38.3 Å². The second kappa shape index (κ2) is 4.92. The molecular formula is C6H10NO2P3. The summed E-state index contributed by atoms with van der Waals surface area (Å²) in [6.45, 7) is 0. The van der Waals surface area contributed by atoms with E-state index in [0.29, 0.717) is 20.4 Å². The van der Waals surface area contributed by atoms with E-state index >= 15 is 0 Å². The lowest BCUT2D eigenvalue weighted by Crippen LogP contribution is -2.07. The molecule has 0 aromatic carbocycles. The van der Waals surface area contributed by atoms with E-state index in [-0.39, 0.29) is 5.97 Å². The third-order valence-electron chi connectivity index (χ3n) is 1.49. The molecule has 1 N–H and O–H groups in total. The average Bonchev–Trinajstić information content (AvgIpc) is 2.52. The van der Waals surface area contributed by atoms with Gasteiger partial charge in [-0.3, -0.25) is 0 Å². The Morgan fingerprint density at radius 1 is 1.75 bits per heavy atom. The first-order valence-corrected chi connectivity index (χ1v) is 6.60. The van der Waals surface area contributed by atoms with E-state index in [2.05, 4.69) is 18.5 Å². The minimum Gasteiger partial charge on any atom is -0.448 e. The Hall–Kier alpha value is 0.0400. The highest BCUT2D eigenvalue weighted by Gasteiger charge is 2.16. The summed E-state index contributed by atoms with van der Waals surface area (Å²) in [5.41, 5.74) is 1.57. The summed E-state index contributed by atoms with van der Waals surface area (Å²) in [5, 5.41) is 3.08. The van der Waals surface area contributed by atoms with Crippen molar-refractivity contribution in [2.24, 2.45) is 0 Å². The van der Waals surface area contributed by atoms with Crippen molar-refractivity contribution >= 4 is 32.8 Å². The van der Waals surface area contributed by atoms with Gasteiger partial charge in [-0.05, 0) is 20.9 Å². The molecule has 0 bridgehead atoms. The van der Waals surface area contributed by atoms with Crippen molar-refractivity contribution in [2.75, 3.05) is 0 Å². The van der Waals surface area contributed by atoms with Crippen LogP contribution in [0.2, 0.25) is 0 Å². The van der Waals surface area contributed by atoms with Crippen LogP contribution in [0, 0.1) is 0 Å². The molecule has 0 fully saturated rings. The lowest BCUT2D eigenvalue weighted by molar-refractivity contribution is -0.129. The Bertz CT molecular complexity index is 249. The lowest BCUT2D eigenvalue weighted by atomic mass is 10.2. The SMILES string of the molecule is O=C(OP)C1=C(NPP)C=CC1. The van der Waals surface area contributed by atoms with E-state index in [1.165, 1.54) is 0 Å². The zero-order chi connectivity index (χ0) is 8.97. The molecule has 12 heavy (non-hydrogen) atoms. The van der Waals surface area contributed by atoms with Crippen molar-refractivity contribution in [3.8, 4) is 0 Å². The molecule has 0 aromatic rings. The molecule has 0 saturated heterocycles. The van der Waals surface area contributed by atoms with E-state index in [1.807, 2.05) is 21.6 Å². The summed E-state index contributed by atoms with van der Waals surface area (Å²) >= 11 is 0. The molecule has 0 saturated carbocycles. The van der Waals surface area contributed by atoms with Crippen LogP contribution in [0.4, 0.5) is 0 Å². The van der Waals surface area contributed by atoms with E-state index < -0.39 is 0 Å². The molecule has 0 heterocycles. The second-order valence-electron chi connectivity index (χ2n) is 2.17. The number of hydrogen-bond acceptors (Lipinski definition) is 3. The molecule has 66 valence electrons. The van der Waals surface area contributed by atoms with Crippen molar-refractivity contribution in [3.63, 3.8) is 0 Å². The third kappa shape index (κ3) is 2.26. The fraction of sp³-hybridized carbons (Fsp3) is 0.167. The fourth-order valence-corrected chi connectivity index (χ4v) is 1.96. The first kappa shape index (κ1) is 10.1. The summed E-state index contributed by atoms with van der Waals surface area (Å²) in [6, 6.07) is 0. The van der Waals surface area contributed by atoms with Gasteiger partial charge in [-0.2, -0.15) is 0 Å². The maximum atomic E-state index is 11.1. The largest absolute Gasteiger partial charge is 0.448 e. The van der Waals surface area contributed by atoms with Crippen LogP contribution < -0.4 is 5.09 Å². The van der Waals surface area contributed by atoms with Gasteiger partial charge in [0.15, 0.2) is 0 Å². The molecule has 0 amide bonds. The molecule has 3 unspecified atom stereocenters. The number of carbonyl (C=O) groups is 1. The Morgan fingerprint density at radius 3 is 3.08 bits per heavy atom. The monoisotopic (exact) mass is 221 g/mol. The molecule has 0 spiro atoms. The predicted molar refractivity (Wildman–Crippen MR) is 57.7 cm³/mol. The first-order chi connectivity index (χ1) is 5.79. The molecule has 3 nitrogen and oxygen atoms in total. The van der Waals surface area contributed by atoms with Crippen molar-refractivity contribution < 1.29 is 9.32 Å². The summed E-state index contributed by atoms with van der Waals surface area (Å²) in [6.07, 6.45) is 4.49. The Labute approximate surface area is 77.6 Å². The molecule has 3 atom stereocenters. The van der Waals surface area contributed by atoms with Gasteiger partial charge >= 0.3 is 5.97 Å². The van der Waals surface area contributed by atoms with Crippen LogP contribution in [-0.2, 0) is 9.32 Å². The molecule has 1 aliphatic rings. The highest BCUT2D eigenvalue weighted by Crippen LogP contribution is 2.25. The van der Waals surface area contributed by atoms with E-state index in [4.69, 9.17) is 0 Å². The van der Waals surface area contributed by atoms with E-state index in [1.54, 1.807) is 0 Å². The summed E-state index contributed by atoms with van der Waals surface area (Å²) < 4.78 is 4.55. The van der Waals surface area contributed by atoms with Crippen LogP contribution in [0.1, 0.15) is 6.42 Å². The van der Waals surface area contributed by atoms with E-state index in [0.717, 1.165) is 5.70 Å². The Balaban J connectivity index is 2.73. The predicted octanol–water partition coefficient (Wildman–Crippen LogP) is 1.51. The van der Waals surface area contributed by atoms with E-state index in [9.17, 15) is 4.79 Å². The highest BCUT2D eigenvalue weighted by molar-refractivity contribution is 8.01. The second-order valence-corrected chi connectivity index (χ2v) is 3.81. The van der Waals surface area contributed by atoms with Gasteiger partial charge in [0.05, 0.1) is 15.0 Å². The van der Waals surface area contributed by atoms with Crippen molar-refractivity contribution in [3.05, 3.63) is 23.4 Å². The average molecular weight is 221 g/mol. The van der Waals surface area contributed by atoms with Gasteiger partial charge in [0.2, 0.25) is 0 Å². The quantitative estimate of drug-likeness (QED) is 0.734. The zero-order valence-electron chi connectivity index (χ0n) is 6.33. The maximum Gasteiger partial charge on any atom is 0.338 e. The molecule has 6 heteroatoms. The Kier molecular flexibility index (Phi) is 4.15. The van der Waals surface area contributed by atoms with Gasteiger partial charge in [-0.25, -0.2) is 4.79 Å². The Morgan fingerprint density at radius 2 is 2.50 bits per heavy atom. The number of allylic oxidation sites excluding steroid dienone is 2. The van der Waals surface area contributed by atoms with Crippen molar-refractivity contribution in [2.45, 2.75) is 6.42 Å². The molecule has 0 radical (unpaired) electrons. The highest BCUT2D eigenvalue weighted by atomic mass is 32.0. The van der Waals surface area contributed by atoms with Crippen molar-refractivity contribution in [1.29, 1.82) is 0 Å². The van der Waals surface area contributed by atoms with Gasteiger partial charge in [-0.1, -0.05) is 15.0 Å². The van der Waals surface area contributed by atoms with Crippen LogP contribution in [0.5, 0.6) is 0 Å². The van der Waals surface area contributed by atoms with Crippen LogP contribution in [0.3, 0.4) is 0 Å². The smallest absolute Gasteiger partial charge is 0.338 e. The minimum absolute atomic E-state index is 0.282. The van der Waals surface area contributed by atoms with Gasteiger partial charge in [0, 0.05) is 5.70 Å². The van der Waals surface area contributed by atoms with Gasteiger partial charge < -0.3 is 9.61 Å². The molecule has 1 rings (SSSR count). The molecule has 1 aliphatic carbocycles. The minimum atomic E-state index is -0.282. The van der Waals surface area contributed by atoms with Crippen LogP contribution in [-0.4, -0.2) is 5.97 Å². The summed E-state index contributed by atoms with van der Waals surface area (Å²) in [5.74, 6) is -0.282. The van der Waals surface area contributed by atoms with Gasteiger partial charge in [0.1, 0.15) is 0 Å². The number of carbonyl (C=O) groups excluding carboxylic acids is 1. The number of nitrogens with one attached hydrogen (secondary N) is 1.